The van der Waals surface area contributed by atoms with E-state index in [9.17, 15) is 0 Å². The van der Waals surface area contributed by atoms with Crippen LogP contribution in [-0.2, 0) is 9.36 Å². The van der Waals surface area contributed by atoms with Crippen molar-refractivity contribution in [2.75, 3.05) is 0 Å². The Morgan fingerprint density at radius 3 is 1.43 bits per heavy atom. The van der Waals surface area contributed by atoms with Crippen LogP contribution in [0.2, 0.25) is 0 Å². The van der Waals surface area contributed by atoms with Crippen LogP contribution in [0.3, 0.4) is 0 Å². The van der Waals surface area contributed by atoms with Crippen molar-refractivity contribution in [3.8, 4) is 5.75 Å². The topological polar surface area (TPSA) is 115 Å². The van der Waals surface area contributed by atoms with Gasteiger partial charge in [0, 0.05) is 0 Å². The minimum Gasteiger partial charge on any atom is -0.508 e. The molecule has 0 radical (unpaired) electrons. The van der Waals surface area contributed by atoms with Crippen molar-refractivity contribution in [1.82, 2.24) is 0 Å². The minimum atomic E-state index is -4.64. The first-order valence-corrected chi connectivity index (χ1v) is 4.77. The van der Waals surface area contributed by atoms with E-state index in [2.05, 4.69) is 0 Å². The number of hydrogen-bond donors (Lipinski definition) is 4. The minimum absolute atomic E-state index is 0.322. The van der Waals surface area contributed by atoms with Gasteiger partial charge in [0.25, 0.3) is 0 Å². The predicted molar refractivity (Wildman–Crippen MR) is 49.5 cm³/mol. The van der Waals surface area contributed by atoms with Crippen LogP contribution in [0.15, 0.2) is 30.3 Å². The fraction of sp³-hybridized carbons (Fsp3) is 0. The monoisotopic (exact) mass is 222 g/mol. The summed E-state index contributed by atoms with van der Waals surface area (Å²) in [6.07, 6.45) is 0. The number of rotatable bonds is 0. The molecule has 1 rings (SSSR count). The first kappa shape index (κ1) is 15.3. The van der Waals surface area contributed by atoms with Gasteiger partial charge in [-0.1, -0.05) is 18.2 Å². The lowest BCUT2D eigenvalue weighted by atomic mass is 10.3. The average molecular weight is 222 g/mol. The molecule has 0 amide bonds. The molecule has 0 spiro atoms. The van der Waals surface area contributed by atoms with Gasteiger partial charge in [-0.05, 0) is 12.1 Å². The molecule has 0 fully saturated rings. The summed E-state index contributed by atoms with van der Waals surface area (Å²) in [6.45, 7) is 2.00. The summed E-state index contributed by atoms with van der Waals surface area (Å²) >= 11 is 0. The second-order valence-corrected chi connectivity index (χ2v) is 2.88. The van der Waals surface area contributed by atoms with E-state index >= 15 is 0 Å². The molecule has 0 aliphatic rings. The number of para-hydroxylation sites is 1. The van der Waals surface area contributed by atoms with Crippen LogP contribution >= 0.6 is 7.82 Å². The van der Waals surface area contributed by atoms with Crippen molar-refractivity contribution >= 4 is 14.6 Å². The van der Waals surface area contributed by atoms with Crippen molar-refractivity contribution in [2.45, 2.75) is 0 Å². The Hall–Kier alpha value is -1.20. The van der Waals surface area contributed by atoms with Gasteiger partial charge in [-0.25, -0.2) is 4.57 Å². The molecule has 4 N–H and O–H groups in total. The average Bonchev–Trinajstić information content (AvgIpc) is 2.06. The van der Waals surface area contributed by atoms with Gasteiger partial charge in [0.05, 0.1) is 0 Å². The van der Waals surface area contributed by atoms with Gasteiger partial charge < -0.3 is 24.6 Å². The largest absolute Gasteiger partial charge is 0.508 e. The second kappa shape index (κ2) is 8.40. The highest BCUT2D eigenvalue weighted by Gasteiger charge is 2.00. The number of hydrogen-bond acceptors (Lipinski definition) is 3. The van der Waals surface area contributed by atoms with Crippen molar-refractivity contribution in [2.24, 2.45) is 0 Å². The highest BCUT2D eigenvalue weighted by molar-refractivity contribution is 7.45. The van der Waals surface area contributed by atoms with Crippen molar-refractivity contribution < 1.29 is 29.1 Å². The van der Waals surface area contributed by atoms with Gasteiger partial charge in [0.2, 0.25) is 0 Å². The van der Waals surface area contributed by atoms with E-state index in [0.717, 1.165) is 0 Å². The van der Waals surface area contributed by atoms with Crippen LogP contribution < -0.4 is 0 Å². The smallest absolute Gasteiger partial charge is 0.466 e. The third-order valence-electron chi connectivity index (χ3n) is 0.756. The fourth-order valence-electron chi connectivity index (χ4n) is 0.428. The lowest BCUT2D eigenvalue weighted by molar-refractivity contribution is -0.0980. The molecule has 6 nitrogen and oxygen atoms in total. The molecule has 0 saturated heterocycles. The highest BCUT2D eigenvalue weighted by atomic mass is 31.2. The van der Waals surface area contributed by atoms with Crippen LogP contribution in [0, 0.1) is 0 Å². The maximum absolute atomic E-state index is 8.88. The molecule has 0 unspecified atom stereocenters. The number of phenolic OH excluding ortho intramolecular Hbond substituents is 1. The molecule has 0 saturated carbocycles. The summed E-state index contributed by atoms with van der Waals surface area (Å²) < 4.78 is 8.88. The molecule has 0 aliphatic carbocycles. The first-order chi connectivity index (χ1) is 6.39. The predicted octanol–water partition coefficient (Wildman–Crippen LogP) is 0.279. The SMILES string of the molecule is C=O.O=P(O)(O)O.Oc1ccccc1. The zero-order valence-corrected chi connectivity index (χ0v) is 8.04. The van der Waals surface area contributed by atoms with Crippen molar-refractivity contribution in [3.05, 3.63) is 30.3 Å². The summed E-state index contributed by atoms with van der Waals surface area (Å²) in [5.74, 6) is 0.322. The Labute approximate surface area is 80.7 Å². The maximum atomic E-state index is 8.88. The van der Waals surface area contributed by atoms with Gasteiger partial charge in [0.15, 0.2) is 0 Å². The normalized spacial score (nSPS) is 8.79. The fourth-order valence-corrected chi connectivity index (χ4v) is 0.428. The van der Waals surface area contributed by atoms with Gasteiger partial charge in [-0.3, -0.25) is 0 Å². The molecule has 0 atom stereocenters. The lowest BCUT2D eigenvalue weighted by Gasteiger charge is -1.82. The second-order valence-electron chi connectivity index (χ2n) is 1.85. The molecule has 0 aromatic heterocycles. The molecule has 7 heteroatoms. The number of aromatic hydroxyl groups is 1. The molecular formula is C7H11O6P. The number of phenols is 1. The number of benzene rings is 1. The Kier molecular flexibility index (Phi) is 9.17. The Balaban J connectivity index is 0. The van der Waals surface area contributed by atoms with E-state index in [1.165, 1.54) is 0 Å². The standard InChI is InChI=1S/C6H6O.CH2O.H3O4P/c7-6-4-2-1-3-5-6;1-2;1-5(2,3)4/h1-5,7H;1H2;(H3,1,2,3,4). The molecule has 14 heavy (non-hydrogen) atoms. The van der Waals surface area contributed by atoms with Gasteiger partial charge in [-0.2, -0.15) is 0 Å². The van der Waals surface area contributed by atoms with Gasteiger partial charge in [0.1, 0.15) is 12.5 Å². The molecule has 0 heterocycles. The Morgan fingerprint density at radius 1 is 1.00 bits per heavy atom. The summed E-state index contributed by atoms with van der Waals surface area (Å²) in [5, 5.41) is 8.63. The van der Waals surface area contributed by atoms with Gasteiger partial charge in [-0.15, -0.1) is 0 Å². The van der Waals surface area contributed by atoms with E-state index in [0.29, 0.717) is 5.75 Å². The molecule has 1 aromatic carbocycles. The molecular weight excluding hydrogens is 211 g/mol. The lowest BCUT2D eigenvalue weighted by Crippen LogP contribution is -1.66. The Morgan fingerprint density at radius 2 is 1.29 bits per heavy atom. The summed E-state index contributed by atoms with van der Waals surface area (Å²) in [6, 6.07) is 8.71. The van der Waals surface area contributed by atoms with Crippen molar-refractivity contribution in [3.63, 3.8) is 0 Å². The van der Waals surface area contributed by atoms with Crippen LogP contribution in [0.25, 0.3) is 0 Å². The summed E-state index contributed by atoms with van der Waals surface area (Å²) in [7, 11) is -4.64. The first-order valence-electron chi connectivity index (χ1n) is 3.21. The molecule has 1 aromatic rings. The molecule has 80 valence electrons. The zero-order chi connectivity index (χ0) is 11.6. The van der Waals surface area contributed by atoms with Crippen LogP contribution in [0.1, 0.15) is 0 Å². The van der Waals surface area contributed by atoms with E-state index in [1.807, 2.05) is 12.9 Å². The van der Waals surface area contributed by atoms with Crippen LogP contribution in [0.4, 0.5) is 0 Å². The van der Waals surface area contributed by atoms with E-state index in [4.69, 9.17) is 29.1 Å². The third kappa shape index (κ3) is 22.4. The zero-order valence-electron chi connectivity index (χ0n) is 7.15. The highest BCUT2D eigenvalue weighted by Crippen LogP contribution is 2.25. The quantitative estimate of drug-likeness (QED) is 0.468. The van der Waals surface area contributed by atoms with Gasteiger partial charge >= 0.3 is 7.82 Å². The third-order valence-corrected chi connectivity index (χ3v) is 0.756. The van der Waals surface area contributed by atoms with E-state index in [-0.39, 0.29) is 0 Å². The summed E-state index contributed by atoms with van der Waals surface area (Å²) in [4.78, 5) is 29.6. The number of phosphoric acid groups is 1. The van der Waals surface area contributed by atoms with Crippen molar-refractivity contribution in [1.29, 1.82) is 0 Å². The molecule has 0 aliphatic heterocycles. The molecule has 0 bridgehead atoms. The van der Waals surface area contributed by atoms with Crippen LogP contribution in [-0.4, -0.2) is 26.6 Å². The number of carbonyl (C=O) groups is 1. The maximum Gasteiger partial charge on any atom is 0.466 e. The summed E-state index contributed by atoms with van der Waals surface area (Å²) in [5.41, 5.74) is 0. The van der Waals surface area contributed by atoms with E-state index < -0.39 is 7.82 Å². The number of carbonyl (C=O) groups excluding carboxylic acids is 1. The van der Waals surface area contributed by atoms with Crippen LogP contribution in [0.5, 0.6) is 5.75 Å². The van der Waals surface area contributed by atoms with E-state index in [1.54, 1.807) is 24.3 Å². The Bertz CT molecular complexity index is 261.